The van der Waals surface area contributed by atoms with E-state index in [1.807, 2.05) is 0 Å². The number of rotatable bonds is 5. The molecule has 0 saturated carbocycles. The maximum Gasteiger partial charge on any atom is 0.321 e. The van der Waals surface area contributed by atoms with Gasteiger partial charge in [-0.3, -0.25) is 9.78 Å². The normalized spacial score (nSPS) is 13.3. The van der Waals surface area contributed by atoms with E-state index in [0.717, 1.165) is 6.20 Å². The van der Waals surface area contributed by atoms with Gasteiger partial charge in [0.2, 0.25) is 10.0 Å². The van der Waals surface area contributed by atoms with Crippen LogP contribution >= 0.6 is 15.9 Å². The van der Waals surface area contributed by atoms with Crippen LogP contribution in [0, 0.1) is 0 Å². The second kappa shape index (κ2) is 5.56. The Hall–Kier alpha value is -0.990. The van der Waals surface area contributed by atoms with Crippen molar-refractivity contribution in [3.05, 3.63) is 22.9 Å². The first-order chi connectivity index (χ1) is 7.86. The molecule has 1 aromatic heterocycles. The smallest absolute Gasteiger partial charge is 0.321 e. The summed E-state index contributed by atoms with van der Waals surface area (Å²) in [5.41, 5.74) is 0. The molecule has 0 aliphatic carbocycles. The van der Waals surface area contributed by atoms with Gasteiger partial charge in [0.15, 0.2) is 0 Å². The van der Waals surface area contributed by atoms with Gasteiger partial charge in [-0.25, -0.2) is 8.42 Å². The Morgan fingerprint density at radius 3 is 2.71 bits per heavy atom. The minimum Gasteiger partial charge on any atom is -0.480 e. The predicted octanol–water partition coefficient (Wildman–Crippen LogP) is 0.986. The van der Waals surface area contributed by atoms with E-state index >= 15 is 0 Å². The molecule has 6 nitrogen and oxygen atoms in total. The molecule has 0 aliphatic rings. The van der Waals surface area contributed by atoms with Gasteiger partial charge in [-0.2, -0.15) is 4.72 Å². The van der Waals surface area contributed by atoms with Crippen LogP contribution < -0.4 is 4.72 Å². The first-order valence-electron chi connectivity index (χ1n) is 4.72. The fourth-order valence-corrected chi connectivity index (χ4v) is 2.88. The Bertz CT molecular complexity index is 517. The molecule has 0 bridgehead atoms. The van der Waals surface area contributed by atoms with Gasteiger partial charge in [0.25, 0.3) is 0 Å². The lowest BCUT2D eigenvalue weighted by Crippen LogP contribution is -2.40. The number of pyridine rings is 1. The maximum atomic E-state index is 11.8. The van der Waals surface area contributed by atoms with E-state index in [9.17, 15) is 13.2 Å². The minimum absolute atomic E-state index is 0.0772. The van der Waals surface area contributed by atoms with Crippen LogP contribution in [0.25, 0.3) is 0 Å². The molecule has 0 aromatic carbocycles. The number of halogens is 1. The van der Waals surface area contributed by atoms with Gasteiger partial charge in [-0.05, 0) is 28.4 Å². The lowest BCUT2D eigenvalue weighted by Gasteiger charge is -2.12. The first-order valence-corrected chi connectivity index (χ1v) is 7.00. The topological polar surface area (TPSA) is 96.4 Å². The van der Waals surface area contributed by atoms with Gasteiger partial charge < -0.3 is 5.11 Å². The summed E-state index contributed by atoms with van der Waals surface area (Å²) in [7, 11) is -3.86. The molecule has 0 spiro atoms. The number of hydrogen-bond donors (Lipinski definition) is 2. The van der Waals surface area contributed by atoms with E-state index in [1.165, 1.54) is 12.3 Å². The lowest BCUT2D eigenvalue weighted by molar-refractivity contribution is -0.139. The van der Waals surface area contributed by atoms with Gasteiger partial charge in [-0.1, -0.05) is 6.92 Å². The second-order valence-corrected chi connectivity index (χ2v) is 5.89. The van der Waals surface area contributed by atoms with Gasteiger partial charge >= 0.3 is 5.97 Å². The fourth-order valence-electron chi connectivity index (χ4n) is 1.10. The molecule has 0 fully saturated rings. The number of nitrogens with zero attached hydrogens (tertiary/aromatic N) is 1. The molecule has 1 rings (SSSR count). The zero-order valence-electron chi connectivity index (χ0n) is 8.92. The van der Waals surface area contributed by atoms with Crippen molar-refractivity contribution in [3.63, 3.8) is 0 Å². The van der Waals surface area contributed by atoms with Crippen LogP contribution in [0.2, 0.25) is 0 Å². The average Bonchev–Trinajstić information content (AvgIpc) is 2.25. The molecule has 8 heteroatoms. The largest absolute Gasteiger partial charge is 0.480 e. The number of sulfonamides is 1. The highest BCUT2D eigenvalue weighted by molar-refractivity contribution is 9.10. The summed E-state index contributed by atoms with van der Waals surface area (Å²) in [6.07, 6.45) is 2.76. The van der Waals surface area contributed by atoms with Gasteiger partial charge in [0, 0.05) is 16.9 Å². The van der Waals surface area contributed by atoms with Crippen LogP contribution in [0.3, 0.4) is 0 Å². The summed E-state index contributed by atoms with van der Waals surface area (Å²) < 4.78 is 26.2. The van der Waals surface area contributed by atoms with Crippen molar-refractivity contribution in [2.75, 3.05) is 0 Å². The van der Waals surface area contributed by atoms with Crippen molar-refractivity contribution in [3.8, 4) is 0 Å². The molecular weight excluding hydrogens is 312 g/mol. The molecule has 17 heavy (non-hydrogen) atoms. The van der Waals surface area contributed by atoms with Crippen molar-refractivity contribution in [2.45, 2.75) is 24.3 Å². The zero-order chi connectivity index (χ0) is 13.1. The Morgan fingerprint density at radius 2 is 2.24 bits per heavy atom. The van der Waals surface area contributed by atoms with E-state index in [1.54, 1.807) is 6.92 Å². The quantitative estimate of drug-likeness (QED) is 0.842. The van der Waals surface area contributed by atoms with Gasteiger partial charge in [0.1, 0.15) is 10.9 Å². The number of nitrogens with one attached hydrogen (secondary N) is 1. The van der Waals surface area contributed by atoms with Crippen molar-refractivity contribution in [1.82, 2.24) is 9.71 Å². The zero-order valence-corrected chi connectivity index (χ0v) is 11.3. The Labute approximate surface area is 107 Å². The minimum atomic E-state index is -3.86. The summed E-state index contributed by atoms with van der Waals surface area (Å²) in [5, 5.41) is 8.79. The molecule has 94 valence electrons. The highest BCUT2D eigenvalue weighted by atomic mass is 79.9. The van der Waals surface area contributed by atoms with Crippen LogP contribution in [0.5, 0.6) is 0 Å². The molecule has 2 N–H and O–H groups in total. The van der Waals surface area contributed by atoms with Crippen molar-refractivity contribution < 1.29 is 18.3 Å². The molecule has 1 aromatic rings. The molecule has 0 radical (unpaired) electrons. The number of hydrogen-bond acceptors (Lipinski definition) is 4. The van der Waals surface area contributed by atoms with Crippen LogP contribution in [0.4, 0.5) is 0 Å². The standard InChI is InChI=1S/C9H11BrN2O4S/c1-2-8(9(13)14)12-17(15,16)7-3-6(10)4-11-5-7/h3-5,8,12H,2H2,1H3,(H,13,14)/t8-/m0/s1. The summed E-state index contributed by atoms with van der Waals surface area (Å²) in [5.74, 6) is -1.21. The molecule has 1 atom stereocenters. The third-order valence-corrected chi connectivity index (χ3v) is 3.87. The van der Waals surface area contributed by atoms with Crippen molar-refractivity contribution in [1.29, 1.82) is 0 Å². The first kappa shape index (κ1) is 14.1. The van der Waals surface area contributed by atoms with Gasteiger partial charge in [-0.15, -0.1) is 0 Å². The molecule has 1 heterocycles. The van der Waals surface area contributed by atoms with Crippen LogP contribution in [0.15, 0.2) is 27.8 Å². The number of carboxylic acid groups (broad SMARTS) is 1. The van der Waals surface area contributed by atoms with Crippen LogP contribution in [-0.2, 0) is 14.8 Å². The van der Waals surface area contributed by atoms with E-state index in [0.29, 0.717) is 4.47 Å². The monoisotopic (exact) mass is 322 g/mol. The van der Waals surface area contributed by atoms with E-state index in [2.05, 4.69) is 25.6 Å². The van der Waals surface area contributed by atoms with E-state index in [-0.39, 0.29) is 11.3 Å². The second-order valence-electron chi connectivity index (χ2n) is 3.26. The Morgan fingerprint density at radius 1 is 1.59 bits per heavy atom. The lowest BCUT2D eigenvalue weighted by atomic mass is 10.2. The van der Waals surface area contributed by atoms with Gasteiger partial charge in [0.05, 0.1) is 0 Å². The number of aliphatic carboxylic acids is 1. The van der Waals surface area contributed by atoms with Crippen molar-refractivity contribution in [2.24, 2.45) is 0 Å². The number of aromatic nitrogens is 1. The summed E-state index contributed by atoms with van der Waals surface area (Å²) in [6, 6.07) is 0.211. The highest BCUT2D eigenvalue weighted by Crippen LogP contribution is 2.14. The molecular formula is C9H11BrN2O4S. The number of carbonyl (C=O) groups is 1. The predicted molar refractivity (Wildman–Crippen MR) is 64.0 cm³/mol. The van der Waals surface area contributed by atoms with Crippen LogP contribution in [0.1, 0.15) is 13.3 Å². The maximum absolute atomic E-state index is 11.8. The summed E-state index contributed by atoms with van der Waals surface area (Å²) in [4.78, 5) is 14.4. The SMILES string of the molecule is CC[C@H](NS(=O)(=O)c1cncc(Br)c1)C(=O)O. The number of carboxylic acids is 1. The van der Waals surface area contributed by atoms with E-state index < -0.39 is 22.0 Å². The molecule has 0 amide bonds. The van der Waals surface area contributed by atoms with Crippen LogP contribution in [-0.4, -0.2) is 30.5 Å². The van der Waals surface area contributed by atoms with E-state index in [4.69, 9.17) is 5.11 Å². The van der Waals surface area contributed by atoms with Crippen molar-refractivity contribution >= 4 is 31.9 Å². The third kappa shape index (κ3) is 3.76. The summed E-state index contributed by atoms with van der Waals surface area (Å²) >= 11 is 3.10. The fraction of sp³-hybridized carbons (Fsp3) is 0.333. The molecule has 0 unspecified atom stereocenters. The molecule has 0 saturated heterocycles. The third-order valence-electron chi connectivity index (χ3n) is 1.99. The Kier molecular flexibility index (Phi) is 4.61. The highest BCUT2D eigenvalue weighted by Gasteiger charge is 2.24. The average molecular weight is 323 g/mol. The Balaban J connectivity index is 3.00. The molecule has 0 aliphatic heterocycles. The summed E-state index contributed by atoms with van der Waals surface area (Å²) in [6.45, 7) is 1.58.